The van der Waals surface area contributed by atoms with E-state index in [1.807, 2.05) is 4.68 Å². The summed E-state index contributed by atoms with van der Waals surface area (Å²) in [5, 5.41) is 7.65. The maximum absolute atomic E-state index is 12.7. The van der Waals surface area contributed by atoms with Crippen molar-refractivity contribution in [3.8, 4) is 5.69 Å². The maximum Gasteiger partial charge on any atom is 0.272 e. The van der Waals surface area contributed by atoms with Crippen LogP contribution in [0.25, 0.3) is 5.69 Å². The average molecular weight is 375 g/mol. The molecular formula is C20H27ClN4O. The first kappa shape index (κ1) is 18.9. The van der Waals surface area contributed by atoms with Crippen LogP contribution in [0.4, 0.5) is 0 Å². The molecule has 1 amide bonds. The molecule has 26 heavy (non-hydrogen) atoms. The molecule has 1 saturated carbocycles. The van der Waals surface area contributed by atoms with Gasteiger partial charge in [-0.15, -0.1) is 12.4 Å². The van der Waals surface area contributed by atoms with Crippen molar-refractivity contribution in [2.45, 2.75) is 51.5 Å². The fraction of sp³-hybridized carbons (Fsp3) is 0.500. The molecule has 0 radical (unpaired) electrons. The van der Waals surface area contributed by atoms with E-state index in [0.717, 1.165) is 36.9 Å². The molecule has 4 rings (SSSR count). The number of benzene rings is 1. The number of aryl methyl sites for hydroxylation is 1. The molecule has 1 aromatic heterocycles. The molecule has 1 aromatic carbocycles. The standard InChI is InChI=1S/C20H26N4O.ClH/c1-2-13-6-10-15(11-7-13)24-18-5-3-4-16(18)19(23-24)20(25)22-12-17(21)14-8-9-14;/h6-7,10-11,14,17H,2-5,8-9,12,21H2,1H3,(H,22,25);1H. The maximum atomic E-state index is 12.7. The average Bonchev–Trinajstić information content (AvgIpc) is 3.27. The number of nitrogens with two attached hydrogens (primary N) is 1. The van der Waals surface area contributed by atoms with Gasteiger partial charge in [-0.3, -0.25) is 4.79 Å². The first-order valence-electron chi connectivity index (χ1n) is 9.41. The minimum Gasteiger partial charge on any atom is -0.349 e. The van der Waals surface area contributed by atoms with Gasteiger partial charge >= 0.3 is 0 Å². The van der Waals surface area contributed by atoms with E-state index in [1.54, 1.807) is 0 Å². The highest BCUT2D eigenvalue weighted by Gasteiger charge is 2.30. The molecule has 0 bridgehead atoms. The lowest BCUT2D eigenvalue weighted by Gasteiger charge is -2.11. The Balaban J connectivity index is 0.00000196. The first-order chi connectivity index (χ1) is 12.2. The Labute approximate surface area is 160 Å². The van der Waals surface area contributed by atoms with Crippen LogP contribution in [0.3, 0.4) is 0 Å². The predicted molar refractivity (Wildman–Crippen MR) is 105 cm³/mol. The van der Waals surface area contributed by atoms with Gasteiger partial charge < -0.3 is 11.1 Å². The summed E-state index contributed by atoms with van der Waals surface area (Å²) >= 11 is 0. The van der Waals surface area contributed by atoms with Crippen LogP contribution < -0.4 is 11.1 Å². The van der Waals surface area contributed by atoms with E-state index in [0.29, 0.717) is 18.2 Å². The molecular weight excluding hydrogens is 348 g/mol. The van der Waals surface area contributed by atoms with Gasteiger partial charge in [0.05, 0.1) is 5.69 Å². The van der Waals surface area contributed by atoms with Gasteiger partial charge in [0.1, 0.15) is 0 Å². The fourth-order valence-electron chi connectivity index (χ4n) is 3.69. The number of aromatic nitrogens is 2. The van der Waals surface area contributed by atoms with Crippen molar-refractivity contribution in [1.82, 2.24) is 15.1 Å². The summed E-state index contributed by atoms with van der Waals surface area (Å²) in [7, 11) is 0. The second-order valence-electron chi connectivity index (χ2n) is 7.27. The zero-order chi connectivity index (χ0) is 17.4. The van der Waals surface area contributed by atoms with Crippen LogP contribution in [0.15, 0.2) is 24.3 Å². The minimum atomic E-state index is -0.0850. The number of nitrogens with one attached hydrogen (secondary N) is 1. The number of hydrogen-bond acceptors (Lipinski definition) is 3. The molecule has 6 heteroatoms. The van der Waals surface area contributed by atoms with Crippen molar-refractivity contribution in [3.05, 3.63) is 46.8 Å². The van der Waals surface area contributed by atoms with E-state index in [2.05, 4.69) is 41.6 Å². The van der Waals surface area contributed by atoms with Gasteiger partial charge in [-0.1, -0.05) is 19.1 Å². The topological polar surface area (TPSA) is 72.9 Å². The van der Waals surface area contributed by atoms with E-state index < -0.39 is 0 Å². The van der Waals surface area contributed by atoms with Gasteiger partial charge in [-0.2, -0.15) is 5.10 Å². The molecule has 3 N–H and O–H groups in total. The lowest BCUT2D eigenvalue weighted by Crippen LogP contribution is -2.39. The fourth-order valence-corrected chi connectivity index (χ4v) is 3.69. The number of hydrogen-bond donors (Lipinski definition) is 2. The Bertz CT molecular complexity index is 780. The highest BCUT2D eigenvalue weighted by Crippen LogP contribution is 2.31. The van der Waals surface area contributed by atoms with Crippen LogP contribution in [0.5, 0.6) is 0 Å². The monoisotopic (exact) mass is 374 g/mol. The molecule has 1 atom stereocenters. The largest absolute Gasteiger partial charge is 0.349 e. The molecule has 140 valence electrons. The molecule has 1 fully saturated rings. The van der Waals surface area contributed by atoms with E-state index >= 15 is 0 Å². The third-order valence-corrected chi connectivity index (χ3v) is 5.46. The molecule has 0 spiro atoms. The van der Waals surface area contributed by atoms with Crippen LogP contribution in [0, 0.1) is 5.92 Å². The molecule has 1 unspecified atom stereocenters. The second kappa shape index (κ2) is 7.80. The minimum absolute atomic E-state index is 0. The lowest BCUT2D eigenvalue weighted by molar-refractivity contribution is 0.0944. The van der Waals surface area contributed by atoms with Gasteiger partial charge in [0.25, 0.3) is 5.91 Å². The van der Waals surface area contributed by atoms with Gasteiger partial charge in [0.2, 0.25) is 0 Å². The van der Waals surface area contributed by atoms with Gasteiger partial charge in [-0.05, 0) is 62.1 Å². The van der Waals surface area contributed by atoms with Crippen LogP contribution >= 0.6 is 12.4 Å². The Morgan fingerprint density at radius 1 is 1.31 bits per heavy atom. The Morgan fingerprint density at radius 2 is 2.04 bits per heavy atom. The third-order valence-electron chi connectivity index (χ3n) is 5.46. The lowest BCUT2D eigenvalue weighted by atomic mass is 10.1. The molecule has 2 aliphatic rings. The molecule has 5 nitrogen and oxygen atoms in total. The van der Waals surface area contributed by atoms with Crippen LogP contribution in [0.1, 0.15) is 53.5 Å². The third kappa shape index (κ3) is 3.64. The van der Waals surface area contributed by atoms with Crippen LogP contribution in [0.2, 0.25) is 0 Å². The van der Waals surface area contributed by atoms with Crippen molar-refractivity contribution in [2.75, 3.05) is 6.54 Å². The Morgan fingerprint density at radius 3 is 2.69 bits per heavy atom. The highest BCUT2D eigenvalue weighted by atomic mass is 35.5. The highest BCUT2D eigenvalue weighted by molar-refractivity contribution is 5.94. The van der Waals surface area contributed by atoms with Crippen molar-refractivity contribution in [3.63, 3.8) is 0 Å². The SMILES string of the molecule is CCc1ccc(-n2nc(C(=O)NCC(N)C3CC3)c3c2CCC3)cc1.Cl. The molecule has 0 saturated heterocycles. The van der Waals surface area contributed by atoms with E-state index in [4.69, 9.17) is 5.73 Å². The molecule has 2 aliphatic carbocycles. The predicted octanol–water partition coefficient (Wildman–Crippen LogP) is 2.81. The van der Waals surface area contributed by atoms with Crippen LogP contribution in [-0.2, 0) is 19.3 Å². The zero-order valence-electron chi connectivity index (χ0n) is 15.2. The van der Waals surface area contributed by atoms with E-state index in [9.17, 15) is 4.79 Å². The van der Waals surface area contributed by atoms with Crippen molar-refractivity contribution in [2.24, 2.45) is 11.7 Å². The number of carbonyl (C=O) groups excluding carboxylic acids is 1. The van der Waals surface area contributed by atoms with Gasteiger partial charge in [0, 0.05) is 23.8 Å². The summed E-state index contributed by atoms with van der Waals surface area (Å²) in [6, 6.07) is 8.52. The number of amides is 1. The zero-order valence-corrected chi connectivity index (χ0v) is 16.0. The van der Waals surface area contributed by atoms with Gasteiger partial charge in [0.15, 0.2) is 5.69 Å². The molecule has 0 aliphatic heterocycles. The first-order valence-corrected chi connectivity index (χ1v) is 9.41. The summed E-state index contributed by atoms with van der Waals surface area (Å²) < 4.78 is 1.96. The van der Waals surface area contributed by atoms with Crippen molar-refractivity contribution < 1.29 is 4.79 Å². The summed E-state index contributed by atoms with van der Waals surface area (Å²) in [6.45, 7) is 2.69. The second-order valence-corrected chi connectivity index (χ2v) is 7.27. The number of fused-ring (bicyclic) bond motifs is 1. The van der Waals surface area contributed by atoms with Gasteiger partial charge in [-0.25, -0.2) is 4.68 Å². The number of rotatable bonds is 6. The summed E-state index contributed by atoms with van der Waals surface area (Å²) in [4.78, 5) is 12.7. The van der Waals surface area contributed by atoms with E-state index in [1.165, 1.54) is 24.1 Å². The molecule has 2 aromatic rings. The van der Waals surface area contributed by atoms with Crippen molar-refractivity contribution >= 4 is 18.3 Å². The molecule has 1 heterocycles. The Kier molecular flexibility index (Phi) is 5.68. The van der Waals surface area contributed by atoms with Crippen molar-refractivity contribution in [1.29, 1.82) is 0 Å². The van der Waals surface area contributed by atoms with E-state index in [-0.39, 0.29) is 24.4 Å². The summed E-state index contributed by atoms with van der Waals surface area (Å²) in [5.41, 5.74) is 11.3. The quantitative estimate of drug-likeness (QED) is 0.816. The Hall–Kier alpha value is -1.85. The number of nitrogens with zero attached hydrogens (tertiary/aromatic N) is 2. The van der Waals surface area contributed by atoms with Crippen LogP contribution in [-0.4, -0.2) is 28.3 Å². The number of halogens is 1. The number of carbonyl (C=O) groups is 1. The normalized spacial score (nSPS) is 16.7. The summed E-state index contributed by atoms with van der Waals surface area (Å²) in [5.74, 6) is 0.499. The summed E-state index contributed by atoms with van der Waals surface area (Å²) in [6.07, 6.45) is 6.39. The smallest absolute Gasteiger partial charge is 0.272 e.